The summed E-state index contributed by atoms with van der Waals surface area (Å²) < 4.78 is 0. The summed E-state index contributed by atoms with van der Waals surface area (Å²) in [5, 5.41) is 2.93. The molecule has 2 atom stereocenters. The van der Waals surface area contributed by atoms with Crippen LogP contribution in [0.15, 0.2) is 0 Å². The van der Waals surface area contributed by atoms with Crippen LogP contribution in [0.25, 0.3) is 0 Å². The van der Waals surface area contributed by atoms with E-state index in [4.69, 9.17) is 5.73 Å². The van der Waals surface area contributed by atoms with Crippen LogP contribution in [0.3, 0.4) is 0 Å². The highest BCUT2D eigenvalue weighted by Gasteiger charge is 2.18. The Kier molecular flexibility index (Phi) is 6.65. The van der Waals surface area contributed by atoms with Gasteiger partial charge in [0, 0.05) is 19.1 Å². The van der Waals surface area contributed by atoms with E-state index >= 15 is 0 Å². The summed E-state index contributed by atoms with van der Waals surface area (Å²) in [6, 6.07) is 0.325. The van der Waals surface area contributed by atoms with Crippen LogP contribution in [0.2, 0.25) is 0 Å². The molecule has 1 rings (SSSR count). The van der Waals surface area contributed by atoms with E-state index < -0.39 is 0 Å². The number of hydrogen-bond donors (Lipinski definition) is 2. The van der Waals surface area contributed by atoms with Crippen LogP contribution in [0.4, 0.5) is 0 Å². The zero-order valence-electron chi connectivity index (χ0n) is 12.1. The average molecular weight is 255 g/mol. The summed E-state index contributed by atoms with van der Waals surface area (Å²) in [6.45, 7) is 9.27. The molecular formula is C14H29N3O. The highest BCUT2D eigenvalue weighted by Crippen LogP contribution is 2.15. The number of carbonyl (C=O) groups excluding carboxylic acids is 1. The van der Waals surface area contributed by atoms with Crippen LogP contribution in [-0.4, -0.2) is 42.5 Å². The van der Waals surface area contributed by atoms with Crippen molar-refractivity contribution in [2.45, 2.75) is 58.5 Å². The number of rotatable bonds is 6. The second kappa shape index (κ2) is 7.74. The van der Waals surface area contributed by atoms with Crippen molar-refractivity contribution in [3.05, 3.63) is 0 Å². The Morgan fingerprint density at radius 3 is 2.78 bits per heavy atom. The summed E-state index contributed by atoms with van der Waals surface area (Å²) >= 11 is 0. The first kappa shape index (κ1) is 15.4. The minimum atomic E-state index is -0.376. The summed E-state index contributed by atoms with van der Waals surface area (Å²) in [4.78, 5) is 14.2. The largest absolute Gasteiger partial charge is 0.355 e. The molecular weight excluding hydrogens is 226 g/mol. The quantitative estimate of drug-likeness (QED) is 0.704. The number of carbonyl (C=O) groups is 1. The molecule has 0 radical (unpaired) electrons. The molecule has 1 aliphatic heterocycles. The third kappa shape index (κ3) is 4.94. The fourth-order valence-corrected chi connectivity index (χ4v) is 2.40. The van der Waals surface area contributed by atoms with Gasteiger partial charge in [0.2, 0.25) is 5.91 Å². The van der Waals surface area contributed by atoms with Crippen molar-refractivity contribution in [2.75, 3.05) is 19.6 Å². The summed E-state index contributed by atoms with van der Waals surface area (Å²) in [5.41, 5.74) is 5.78. The molecule has 1 aliphatic rings. The summed E-state index contributed by atoms with van der Waals surface area (Å²) in [6.07, 6.45) is 5.00. The second-order valence-electron chi connectivity index (χ2n) is 5.80. The van der Waals surface area contributed by atoms with Gasteiger partial charge in [-0.25, -0.2) is 0 Å². The van der Waals surface area contributed by atoms with Gasteiger partial charge in [-0.15, -0.1) is 0 Å². The standard InChI is InChI=1S/C14H29N3O/c1-11(2)13(15)14(18)16-8-6-10-17-9-5-4-7-12(17)3/h11-13H,4-10,15H2,1-3H3,(H,16,18). The Bertz CT molecular complexity index is 255. The Morgan fingerprint density at radius 2 is 2.17 bits per heavy atom. The van der Waals surface area contributed by atoms with E-state index in [2.05, 4.69) is 17.1 Å². The smallest absolute Gasteiger partial charge is 0.237 e. The van der Waals surface area contributed by atoms with Crippen LogP contribution < -0.4 is 11.1 Å². The van der Waals surface area contributed by atoms with E-state index in [1.165, 1.54) is 25.8 Å². The van der Waals surface area contributed by atoms with E-state index in [1.807, 2.05) is 13.8 Å². The SMILES string of the molecule is CC(C)C(N)C(=O)NCCCN1CCCCC1C. The fourth-order valence-electron chi connectivity index (χ4n) is 2.40. The number of nitrogens with one attached hydrogen (secondary N) is 1. The number of likely N-dealkylation sites (tertiary alicyclic amines) is 1. The van der Waals surface area contributed by atoms with Gasteiger partial charge in [-0.2, -0.15) is 0 Å². The molecule has 4 nitrogen and oxygen atoms in total. The minimum absolute atomic E-state index is 0.0170. The Labute approximate surface area is 111 Å². The first-order valence-corrected chi connectivity index (χ1v) is 7.29. The Balaban J connectivity index is 2.12. The normalized spacial score (nSPS) is 23.1. The van der Waals surface area contributed by atoms with Gasteiger partial charge in [0.25, 0.3) is 0 Å². The molecule has 0 aromatic carbocycles. The molecule has 0 aliphatic carbocycles. The van der Waals surface area contributed by atoms with Gasteiger partial charge in [-0.05, 0) is 38.6 Å². The first-order valence-electron chi connectivity index (χ1n) is 7.29. The van der Waals surface area contributed by atoms with E-state index in [1.54, 1.807) is 0 Å². The molecule has 106 valence electrons. The van der Waals surface area contributed by atoms with Crippen LogP contribution in [0, 0.1) is 5.92 Å². The number of hydrogen-bond acceptors (Lipinski definition) is 3. The maximum Gasteiger partial charge on any atom is 0.237 e. The van der Waals surface area contributed by atoms with Crippen molar-refractivity contribution in [1.29, 1.82) is 0 Å². The second-order valence-corrected chi connectivity index (χ2v) is 5.80. The van der Waals surface area contributed by atoms with Gasteiger partial charge >= 0.3 is 0 Å². The van der Waals surface area contributed by atoms with E-state index in [9.17, 15) is 4.79 Å². The van der Waals surface area contributed by atoms with Gasteiger partial charge < -0.3 is 16.0 Å². The lowest BCUT2D eigenvalue weighted by atomic mass is 10.0. The molecule has 1 heterocycles. The van der Waals surface area contributed by atoms with Crippen LogP contribution in [0.5, 0.6) is 0 Å². The third-order valence-corrected chi connectivity index (χ3v) is 3.88. The molecule has 0 bridgehead atoms. The van der Waals surface area contributed by atoms with Crippen LogP contribution >= 0.6 is 0 Å². The Hall–Kier alpha value is -0.610. The average Bonchev–Trinajstić information content (AvgIpc) is 2.35. The number of piperidine rings is 1. The van der Waals surface area contributed by atoms with Crippen molar-refractivity contribution >= 4 is 5.91 Å². The highest BCUT2D eigenvalue weighted by atomic mass is 16.2. The predicted molar refractivity (Wildman–Crippen MR) is 75.3 cm³/mol. The molecule has 18 heavy (non-hydrogen) atoms. The lowest BCUT2D eigenvalue weighted by molar-refractivity contribution is -0.123. The van der Waals surface area contributed by atoms with Gasteiger partial charge in [0.05, 0.1) is 6.04 Å². The molecule has 1 saturated heterocycles. The molecule has 1 fully saturated rings. The van der Waals surface area contributed by atoms with Crippen molar-refractivity contribution in [3.8, 4) is 0 Å². The minimum Gasteiger partial charge on any atom is -0.355 e. The fraction of sp³-hybridized carbons (Fsp3) is 0.929. The van der Waals surface area contributed by atoms with E-state index in [0.717, 1.165) is 19.5 Å². The molecule has 0 saturated carbocycles. The van der Waals surface area contributed by atoms with Crippen LogP contribution in [-0.2, 0) is 4.79 Å². The lowest BCUT2D eigenvalue weighted by Crippen LogP contribution is -2.45. The molecule has 0 aromatic rings. The highest BCUT2D eigenvalue weighted by molar-refractivity contribution is 5.81. The van der Waals surface area contributed by atoms with Gasteiger partial charge in [-0.1, -0.05) is 20.3 Å². The van der Waals surface area contributed by atoms with Gasteiger partial charge in [0.15, 0.2) is 0 Å². The number of nitrogens with two attached hydrogens (primary N) is 1. The van der Waals surface area contributed by atoms with E-state index in [-0.39, 0.29) is 17.9 Å². The number of nitrogens with zero attached hydrogens (tertiary/aromatic N) is 1. The van der Waals surface area contributed by atoms with Crippen molar-refractivity contribution in [1.82, 2.24) is 10.2 Å². The predicted octanol–water partition coefficient (Wildman–Crippen LogP) is 1.35. The van der Waals surface area contributed by atoms with Crippen molar-refractivity contribution in [2.24, 2.45) is 11.7 Å². The topological polar surface area (TPSA) is 58.4 Å². The first-order chi connectivity index (χ1) is 8.52. The Morgan fingerprint density at radius 1 is 1.44 bits per heavy atom. The van der Waals surface area contributed by atoms with Gasteiger partial charge in [-0.3, -0.25) is 4.79 Å². The maximum atomic E-state index is 11.7. The summed E-state index contributed by atoms with van der Waals surface area (Å²) in [5.74, 6) is 0.184. The zero-order valence-corrected chi connectivity index (χ0v) is 12.1. The zero-order chi connectivity index (χ0) is 13.5. The third-order valence-electron chi connectivity index (χ3n) is 3.88. The molecule has 2 unspecified atom stereocenters. The van der Waals surface area contributed by atoms with Crippen molar-refractivity contribution in [3.63, 3.8) is 0 Å². The van der Waals surface area contributed by atoms with E-state index in [0.29, 0.717) is 6.04 Å². The molecule has 1 amide bonds. The van der Waals surface area contributed by atoms with Crippen molar-refractivity contribution < 1.29 is 4.79 Å². The van der Waals surface area contributed by atoms with Gasteiger partial charge in [0.1, 0.15) is 0 Å². The molecule has 0 aromatic heterocycles. The molecule has 4 heteroatoms. The monoisotopic (exact) mass is 255 g/mol. The molecule has 0 spiro atoms. The maximum absolute atomic E-state index is 11.7. The lowest BCUT2D eigenvalue weighted by Gasteiger charge is -2.33. The summed E-state index contributed by atoms with van der Waals surface area (Å²) in [7, 11) is 0. The van der Waals surface area contributed by atoms with Crippen LogP contribution in [0.1, 0.15) is 46.5 Å². The number of amides is 1. The molecule has 3 N–H and O–H groups in total.